The van der Waals surface area contributed by atoms with Crippen LogP contribution < -0.4 is 4.72 Å². The van der Waals surface area contributed by atoms with E-state index in [4.69, 9.17) is 4.98 Å². The minimum absolute atomic E-state index is 0.0111. The highest BCUT2D eigenvalue weighted by atomic mass is 32.2. The predicted octanol–water partition coefficient (Wildman–Crippen LogP) is 6.69. The molecule has 2 aromatic carbocycles. The minimum atomic E-state index is -1.24. The van der Waals surface area contributed by atoms with E-state index < -0.39 is 11.4 Å². The fourth-order valence-corrected chi connectivity index (χ4v) is 5.93. The van der Waals surface area contributed by atoms with Gasteiger partial charge < -0.3 is 4.55 Å². The van der Waals surface area contributed by atoms with Crippen molar-refractivity contribution in [2.75, 3.05) is 0 Å². The number of pyridine rings is 1. The van der Waals surface area contributed by atoms with Crippen LogP contribution in [0.1, 0.15) is 63.4 Å². The number of aromatic nitrogens is 2. The quantitative estimate of drug-likeness (QED) is 0.304. The first-order valence-electron chi connectivity index (χ1n) is 11.5. The van der Waals surface area contributed by atoms with Crippen LogP contribution in [-0.2, 0) is 16.8 Å². The van der Waals surface area contributed by atoms with E-state index in [9.17, 15) is 4.55 Å². The number of rotatable bonds is 6. The number of nitrogens with zero attached hydrogens (tertiary/aromatic N) is 2. The van der Waals surface area contributed by atoms with Gasteiger partial charge in [0.15, 0.2) is 0 Å². The molecule has 0 saturated heterocycles. The van der Waals surface area contributed by atoms with Crippen molar-refractivity contribution in [1.29, 1.82) is 0 Å². The van der Waals surface area contributed by atoms with E-state index in [1.807, 2.05) is 45.9 Å². The maximum Gasteiger partial charge on any atom is 0.144 e. The molecule has 1 N–H and O–H groups in total. The van der Waals surface area contributed by atoms with Crippen LogP contribution in [0.4, 0.5) is 4.39 Å². The summed E-state index contributed by atoms with van der Waals surface area (Å²) in [6.45, 7) is 7.61. The fraction of sp³-hybridized carbons (Fsp3) is 0.333. The molecule has 0 spiro atoms. The van der Waals surface area contributed by atoms with Crippen LogP contribution in [0.3, 0.4) is 0 Å². The van der Waals surface area contributed by atoms with Gasteiger partial charge >= 0.3 is 0 Å². The summed E-state index contributed by atoms with van der Waals surface area (Å²) in [6.07, 6.45) is 2.17. The third-order valence-electron chi connectivity index (χ3n) is 6.39. The van der Waals surface area contributed by atoms with E-state index in [1.54, 1.807) is 6.07 Å². The number of benzene rings is 2. The second-order valence-corrected chi connectivity index (χ2v) is 12.9. The molecule has 2 heterocycles. The smallest absolute Gasteiger partial charge is 0.144 e. The van der Waals surface area contributed by atoms with Crippen LogP contribution in [0.2, 0.25) is 0 Å². The van der Waals surface area contributed by atoms with Gasteiger partial charge in [0.05, 0.1) is 11.7 Å². The third-order valence-corrected chi connectivity index (χ3v) is 9.06. The zero-order valence-corrected chi connectivity index (χ0v) is 21.4. The highest BCUT2D eigenvalue weighted by Gasteiger charge is 2.47. The van der Waals surface area contributed by atoms with E-state index in [0.717, 1.165) is 34.4 Å². The molecule has 1 aliphatic rings. The molecule has 0 amide bonds. The molecule has 0 aliphatic heterocycles. The van der Waals surface area contributed by atoms with Crippen LogP contribution >= 0.6 is 11.3 Å². The number of fused-ring (bicyclic) bond motifs is 1. The molecular formula is C27H28FN3OS2. The molecule has 4 nitrogen and oxygen atoms in total. The Labute approximate surface area is 207 Å². The second-order valence-electron chi connectivity index (χ2n) is 9.95. The summed E-state index contributed by atoms with van der Waals surface area (Å²) in [5.74, 6) is -0.338. The van der Waals surface area contributed by atoms with Gasteiger partial charge in [-0.1, -0.05) is 47.7 Å². The van der Waals surface area contributed by atoms with Crippen LogP contribution in [0.25, 0.3) is 20.9 Å². The molecule has 4 aromatic rings. The Morgan fingerprint density at radius 3 is 2.44 bits per heavy atom. The Morgan fingerprint density at radius 2 is 1.79 bits per heavy atom. The predicted molar refractivity (Wildman–Crippen MR) is 139 cm³/mol. The van der Waals surface area contributed by atoms with E-state index in [0.29, 0.717) is 10.6 Å². The highest BCUT2D eigenvalue weighted by molar-refractivity contribution is 7.90. The van der Waals surface area contributed by atoms with Crippen LogP contribution in [-0.4, -0.2) is 19.3 Å². The monoisotopic (exact) mass is 493 g/mol. The molecule has 5 rings (SSSR count). The van der Waals surface area contributed by atoms with Crippen molar-refractivity contribution in [1.82, 2.24) is 14.7 Å². The van der Waals surface area contributed by atoms with Gasteiger partial charge in [-0.2, -0.15) is 0 Å². The molecule has 7 heteroatoms. The van der Waals surface area contributed by atoms with Crippen molar-refractivity contribution in [2.45, 2.75) is 56.7 Å². The zero-order valence-electron chi connectivity index (χ0n) is 19.8. The van der Waals surface area contributed by atoms with Gasteiger partial charge in [-0.25, -0.2) is 14.4 Å². The highest BCUT2D eigenvalue weighted by Crippen LogP contribution is 2.53. The lowest BCUT2D eigenvalue weighted by Gasteiger charge is -2.26. The number of halogens is 1. The summed E-state index contributed by atoms with van der Waals surface area (Å²) in [5.41, 5.74) is 4.34. The first-order valence-corrected chi connectivity index (χ1v) is 13.5. The van der Waals surface area contributed by atoms with E-state index in [2.05, 4.69) is 40.0 Å². The average molecular weight is 494 g/mol. The van der Waals surface area contributed by atoms with Crippen molar-refractivity contribution in [2.24, 2.45) is 0 Å². The summed E-state index contributed by atoms with van der Waals surface area (Å²) in [6, 6.07) is 19.5. The molecule has 1 aliphatic carbocycles. The normalized spacial score (nSPS) is 17.0. The lowest BCUT2D eigenvalue weighted by molar-refractivity contribution is 0.530. The topological polar surface area (TPSA) is 60.9 Å². The number of hydrogen-bond acceptors (Lipinski definition) is 5. The molecule has 0 radical (unpaired) electrons. The second kappa shape index (κ2) is 8.72. The molecule has 0 bridgehead atoms. The molecule has 0 unspecified atom stereocenters. The van der Waals surface area contributed by atoms with Gasteiger partial charge in [0, 0.05) is 22.3 Å². The molecule has 1 saturated carbocycles. The van der Waals surface area contributed by atoms with E-state index in [1.165, 1.54) is 23.0 Å². The summed E-state index contributed by atoms with van der Waals surface area (Å²) in [4.78, 5) is 10.4. The third kappa shape index (κ3) is 4.38. The summed E-state index contributed by atoms with van der Waals surface area (Å²) in [5, 5.41) is 0.618. The maximum atomic E-state index is 15.1. The Kier molecular flexibility index (Phi) is 6.01. The fourth-order valence-electron chi connectivity index (χ4n) is 4.15. The first-order chi connectivity index (χ1) is 16.2. The molecule has 2 atom stereocenters. The summed E-state index contributed by atoms with van der Waals surface area (Å²) >= 11 is 0.184. The van der Waals surface area contributed by atoms with Gasteiger partial charge in [-0.15, -0.1) is 4.72 Å². The molecular weight excluding hydrogens is 465 g/mol. The minimum Gasteiger partial charge on any atom is -0.598 e. The van der Waals surface area contributed by atoms with Gasteiger partial charge in [-0.3, -0.25) is 0 Å². The molecule has 1 fully saturated rings. The van der Waals surface area contributed by atoms with Crippen molar-refractivity contribution < 1.29 is 8.94 Å². The largest absolute Gasteiger partial charge is 0.598 e. The first kappa shape index (κ1) is 23.4. The van der Waals surface area contributed by atoms with Crippen LogP contribution in [0.15, 0.2) is 60.7 Å². The van der Waals surface area contributed by atoms with E-state index in [-0.39, 0.29) is 22.0 Å². The van der Waals surface area contributed by atoms with Crippen molar-refractivity contribution in [3.63, 3.8) is 0 Å². The Bertz CT molecular complexity index is 1330. The van der Waals surface area contributed by atoms with Gasteiger partial charge in [-0.05, 0) is 75.9 Å². The van der Waals surface area contributed by atoms with Gasteiger partial charge in [0.25, 0.3) is 0 Å². The van der Waals surface area contributed by atoms with Crippen LogP contribution in [0, 0.1) is 5.82 Å². The molecule has 34 heavy (non-hydrogen) atoms. The average Bonchev–Trinajstić information content (AvgIpc) is 3.51. The molecule has 176 valence electrons. The standard InChI is InChI=1S/C27H28FN3OS2/c1-17(31-34(32)26(2,3)4)18-10-11-20(21(28)16-18)24-29-22-12-13-23(30-25(22)33-24)27(14-15-27)19-8-6-5-7-9-19/h5-13,16-17,31H,14-15H2,1-4H3/t17-,34-/m1/s1. The van der Waals surface area contributed by atoms with Crippen molar-refractivity contribution in [3.05, 3.63) is 83.3 Å². The maximum absolute atomic E-state index is 15.1. The number of thiazole rings is 1. The van der Waals surface area contributed by atoms with Crippen molar-refractivity contribution in [3.8, 4) is 10.6 Å². The number of hydrogen-bond donors (Lipinski definition) is 1. The van der Waals surface area contributed by atoms with E-state index >= 15 is 4.39 Å². The SMILES string of the molecule is C[C@@H](N[S@+]([O-])C(C)(C)C)c1ccc(-c2nc3ccc(C4(c5ccccc5)CC4)nc3s2)c(F)c1. The van der Waals surface area contributed by atoms with Crippen LogP contribution in [0.5, 0.6) is 0 Å². The summed E-state index contributed by atoms with van der Waals surface area (Å²) < 4.78 is 30.2. The molecule has 2 aromatic heterocycles. The Morgan fingerprint density at radius 1 is 1.06 bits per heavy atom. The lowest BCUT2D eigenvalue weighted by Crippen LogP contribution is -2.40. The number of nitrogens with one attached hydrogen (secondary N) is 1. The van der Waals surface area contributed by atoms with Gasteiger partial charge in [0.2, 0.25) is 0 Å². The Balaban J connectivity index is 1.42. The zero-order chi connectivity index (χ0) is 24.1. The van der Waals surface area contributed by atoms with Gasteiger partial charge in [0.1, 0.15) is 25.9 Å². The van der Waals surface area contributed by atoms with Crippen molar-refractivity contribution >= 4 is 33.0 Å². The summed E-state index contributed by atoms with van der Waals surface area (Å²) in [7, 11) is 0. The lowest BCUT2D eigenvalue weighted by atomic mass is 9.92. The Hall–Kier alpha value is -2.32.